The second kappa shape index (κ2) is 11.9. The van der Waals surface area contributed by atoms with Crippen LogP contribution in [0.1, 0.15) is 65.2 Å². The van der Waals surface area contributed by atoms with Crippen molar-refractivity contribution in [3.05, 3.63) is 22.7 Å². The lowest BCUT2D eigenvalue weighted by Gasteiger charge is -2.11. The Balaban J connectivity index is 2.33. The molecule has 0 aliphatic heterocycles. The maximum atomic E-state index is 5.84. The first-order valence-corrected chi connectivity index (χ1v) is 9.12. The number of benzene rings is 1. The third-order valence-corrected chi connectivity index (χ3v) is 4.08. The van der Waals surface area contributed by atoms with Gasteiger partial charge in [-0.2, -0.15) is 0 Å². The van der Waals surface area contributed by atoms with Crippen molar-refractivity contribution in [2.24, 2.45) is 0 Å². The molecule has 0 atom stereocenters. The van der Waals surface area contributed by atoms with Crippen LogP contribution in [0.25, 0.3) is 0 Å². The van der Waals surface area contributed by atoms with Gasteiger partial charge in [-0.05, 0) is 40.9 Å². The lowest BCUT2D eigenvalue weighted by atomic mass is 10.2. The molecule has 0 saturated heterocycles. The van der Waals surface area contributed by atoms with Gasteiger partial charge in [0.15, 0.2) is 0 Å². The fourth-order valence-corrected chi connectivity index (χ4v) is 2.47. The maximum Gasteiger partial charge on any atom is 0.137 e. The van der Waals surface area contributed by atoms with Gasteiger partial charge in [-0.15, -0.1) is 0 Å². The quantitative estimate of drug-likeness (QED) is 0.405. The van der Waals surface area contributed by atoms with Crippen LogP contribution in [0.3, 0.4) is 0 Å². The zero-order valence-electron chi connectivity index (χ0n) is 13.5. The average molecular weight is 357 g/mol. The molecule has 21 heavy (non-hydrogen) atoms. The molecule has 0 unspecified atom stereocenters. The van der Waals surface area contributed by atoms with Crippen molar-refractivity contribution < 1.29 is 9.47 Å². The molecule has 0 spiro atoms. The van der Waals surface area contributed by atoms with Gasteiger partial charge in [0.1, 0.15) is 11.5 Å². The number of ether oxygens (including phenoxy) is 2. The molecule has 0 heterocycles. The summed E-state index contributed by atoms with van der Waals surface area (Å²) in [7, 11) is 0. The topological polar surface area (TPSA) is 18.5 Å². The highest BCUT2D eigenvalue weighted by molar-refractivity contribution is 9.10. The fraction of sp³-hybridized carbons (Fsp3) is 0.667. The Bertz CT molecular complexity index is 379. The van der Waals surface area contributed by atoms with Crippen LogP contribution in [-0.4, -0.2) is 13.2 Å². The summed E-state index contributed by atoms with van der Waals surface area (Å²) in [5.41, 5.74) is 0. The number of halogens is 1. The summed E-state index contributed by atoms with van der Waals surface area (Å²) in [5, 5.41) is 0. The summed E-state index contributed by atoms with van der Waals surface area (Å²) in [6.45, 7) is 6.01. The highest BCUT2D eigenvalue weighted by Crippen LogP contribution is 2.29. The zero-order valence-corrected chi connectivity index (χ0v) is 15.1. The minimum atomic E-state index is 0.776. The van der Waals surface area contributed by atoms with Crippen LogP contribution >= 0.6 is 15.9 Å². The molecule has 0 N–H and O–H groups in total. The van der Waals surface area contributed by atoms with E-state index in [1.165, 1.54) is 38.5 Å². The molecule has 0 fully saturated rings. The predicted octanol–water partition coefficient (Wildman–Crippen LogP) is 6.37. The summed E-state index contributed by atoms with van der Waals surface area (Å²) >= 11 is 3.54. The van der Waals surface area contributed by atoms with E-state index in [0.717, 1.165) is 42.0 Å². The Morgan fingerprint density at radius 3 is 2.05 bits per heavy atom. The largest absolute Gasteiger partial charge is 0.493 e. The molecule has 3 heteroatoms. The van der Waals surface area contributed by atoms with Gasteiger partial charge in [0, 0.05) is 6.07 Å². The van der Waals surface area contributed by atoms with Gasteiger partial charge in [-0.1, -0.05) is 52.4 Å². The Labute approximate surface area is 138 Å². The Kier molecular flexibility index (Phi) is 10.4. The number of hydrogen-bond donors (Lipinski definition) is 0. The molecule has 0 aliphatic carbocycles. The normalized spacial score (nSPS) is 10.6. The van der Waals surface area contributed by atoms with E-state index < -0.39 is 0 Å². The molecule has 0 amide bonds. The van der Waals surface area contributed by atoms with Crippen LogP contribution in [0.15, 0.2) is 22.7 Å². The molecule has 1 aromatic rings. The van der Waals surface area contributed by atoms with E-state index in [0.29, 0.717) is 0 Å². The van der Waals surface area contributed by atoms with Crippen LogP contribution in [-0.2, 0) is 0 Å². The zero-order chi connectivity index (χ0) is 15.3. The molecule has 0 aromatic heterocycles. The minimum absolute atomic E-state index is 0.776. The summed E-state index contributed by atoms with van der Waals surface area (Å²) in [6.07, 6.45) is 9.80. The average Bonchev–Trinajstić information content (AvgIpc) is 2.49. The van der Waals surface area contributed by atoms with E-state index >= 15 is 0 Å². The molecule has 0 radical (unpaired) electrons. The highest BCUT2D eigenvalue weighted by Gasteiger charge is 2.04. The van der Waals surface area contributed by atoms with Crippen LogP contribution in [0, 0.1) is 0 Å². The van der Waals surface area contributed by atoms with Crippen molar-refractivity contribution in [3.63, 3.8) is 0 Å². The van der Waals surface area contributed by atoms with Crippen LogP contribution < -0.4 is 9.47 Å². The first-order chi connectivity index (χ1) is 10.3. The summed E-state index contributed by atoms with van der Waals surface area (Å²) in [5.74, 6) is 1.79. The lowest BCUT2D eigenvalue weighted by Crippen LogP contribution is -2.00. The predicted molar refractivity (Wildman–Crippen MR) is 93.4 cm³/mol. The van der Waals surface area contributed by atoms with Crippen molar-refractivity contribution >= 4 is 15.9 Å². The SMILES string of the molecule is CCCCCCOc1ccc(Br)c(OCCCCCC)c1. The molecule has 120 valence electrons. The molecular weight excluding hydrogens is 328 g/mol. The molecular formula is C18H29BrO2. The van der Waals surface area contributed by atoms with Gasteiger partial charge in [0.2, 0.25) is 0 Å². The van der Waals surface area contributed by atoms with E-state index in [1.807, 2.05) is 18.2 Å². The van der Waals surface area contributed by atoms with Crippen LogP contribution in [0.2, 0.25) is 0 Å². The van der Waals surface area contributed by atoms with Gasteiger partial charge in [0.05, 0.1) is 17.7 Å². The van der Waals surface area contributed by atoms with Crippen LogP contribution in [0.4, 0.5) is 0 Å². The first kappa shape index (κ1) is 18.3. The van der Waals surface area contributed by atoms with E-state index in [4.69, 9.17) is 9.47 Å². The Morgan fingerprint density at radius 1 is 0.810 bits per heavy atom. The van der Waals surface area contributed by atoms with Crippen molar-refractivity contribution in [3.8, 4) is 11.5 Å². The monoisotopic (exact) mass is 356 g/mol. The maximum absolute atomic E-state index is 5.84. The van der Waals surface area contributed by atoms with Crippen LogP contribution in [0.5, 0.6) is 11.5 Å². The lowest BCUT2D eigenvalue weighted by molar-refractivity contribution is 0.289. The number of hydrogen-bond acceptors (Lipinski definition) is 2. The standard InChI is InChI=1S/C18H29BrO2/c1-3-5-7-9-13-20-16-11-12-17(19)18(15-16)21-14-10-8-6-4-2/h11-12,15H,3-10,13-14H2,1-2H3. The molecule has 2 nitrogen and oxygen atoms in total. The van der Waals surface area contributed by atoms with Crippen molar-refractivity contribution in [1.82, 2.24) is 0 Å². The summed E-state index contributed by atoms with van der Waals surface area (Å²) in [4.78, 5) is 0. The first-order valence-electron chi connectivity index (χ1n) is 8.33. The van der Waals surface area contributed by atoms with E-state index in [-0.39, 0.29) is 0 Å². The summed E-state index contributed by atoms with van der Waals surface area (Å²) in [6, 6.07) is 5.99. The second-order valence-electron chi connectivity index (χ2n) is 5.41. The Morgan fingerprint density at radius 2 is 1.43 bits per heavy atom. The number of unbranched alkanes of at least 4 members (excludes halogenated alkanes) is 6. The minimum Gasteiger partial charge on any atom is -0.493 e. The smallest absolute Gasteiger partial charge is 0.137 e. The summed E-state index contributed by atoms with van der Waals surface area (Å²) < 4.78 is 12.6. The van der Waals surface area contributed by atoms with Gasteiger partial charge in [0.25, 0.3) is 0 Å². The molecule has 1 rings (SSSR count). The van der Waals surface area contributed by atoms with Crippen molar-refractivity contribution in [1.29, 1.82) is 0 Å². The molecule has 0 bridgehead atoms. The molecule has 0 aliphatic rings. The van der Waals surface area contributed by atoms with E-state index in [1.54, 1.807) is 0 Å². The van der Waals surface area contributed by atoms with Gasteiger partial charge in [-0.25, -0.2) is 0 Å². The highest BCUT2D eigenvalue weighted by atomic mass is 79.9. The van der Waals surface area contributed by atoms with E-state index in [2.05, 4.69) is 29.8 Å². The molecule has 1 aromatic carbocycles. The molecule has 0 saturated carbocycles. The van der Waals surface area contributed by atoms with Crippen molar-refractivity contribution in [2.75, 3.05) is 13.2 Å². The van der Waals surface area contributed by atoms with E-state index in [9.17, 15) is 0 Å². The Hall–Kier alpha value is -0.700. The third kappa shape index (κ3) is 8.35. The second-order valence-corrected chi connectivity index (χ2v) is 6.26. The van der Waals surface area contributed by atoms with Gasteiger partial charge in [-0.3, -0.25) is 0 Å². The van der Waals surface area contributed by atoms with Gasteiger partial charge < -0.3 is 9.47 Å². The fourth-order valence-electron chi connectivity index (χ4n) is 2.11. The van der Waals surface area contributed by atoms with Gasteiger partial charge >= 0.3 is 0 Å². The number of rotatable bonds is 12. The van der Waals surface area contributed by atoms with Crippen molar-refractivity contribution in [2.45, 2.75) is 65.2 Å². The third-order valence-electron chi connectivity index (χ3n) is 3.42.